The van der Waals surface area contributed by atoms with Crippen LogP contribution in [0.5, 0.6) is 0 Å². The first-order chi connectivity index (χ1) is 3.30. The quantitative estimate of drug-likeness (QED) is 0.591. The molecule has 0 aliphatic carbocycles. The Hall–Kier alpha value is 0.314. The monoisotopic (exact) mass is 184 g/mol. The van der Waals surface area contributed by atoms with Crippen LogP contribution in [0.1, 0.15) is 11.3 Å². The molecule has 0 aromatic carbocycles. The van der Waals surface area contributed by atoms with Gasteiger partial charge in [0.1, 0.15) is 0 Å². The maximum Gasteiger partial charge on any atom is 0.00515 e. The summed E-state index contributed by atoms with van der Waals surface area (Å²) in [5, 5.41) is 7.44. The van der Waals surface area contributed by atoms with Crippen LogP contribution in [0.25, 0.3) is 0 Å². The first-order valence-electron chi connectivity index (χ1n) is 2.22. The molecule has 0 spiro atoms. The molecule has 0 fully saturated rings. The van der Waals surface area contributed by atoms with Crippen molar-refractivity contribution in [3.63, 3.8) is 0 Å². The molecule has 0 saturated heterocycles. The molecule has 41 valence electrons. The Morgan fingerprint density at radius 3 is 2.25 bits per heavy atom. The van der Waals surface area contributed by atoms with Crippen molar-refractivity contribution in [3.8, 4) is 0 Å². The van der Waals surface area contributed by atoms with Gasteiger partial charge in [0.05, 0.1) is 0 Å². The van der Waals surface area contributed by atoms with Gasteiger partial charge in [-0.15, -0.1) is 5.69 Å². The van der Waals surface area contributed by atoms with Gasteiger partial charge in [0.2, 0.25) is 0 Å². The predicted molar refractivity (Wildman–Crippen MR) is 27.0 cm³/mol. The van der Waals surface area contributed by atoms with E-state index in [0.717, 1.165) is 5.69 Å². The van der Waals surface area contributed by atoms with Crippen molar-refractivity contribution in [1.29, 1.82) is 0 Å². The van der Waals surface area contributed by atoms with E-state index in [9.17, 15) is 0 Å². The summed E-state index contributed by atoms with van der Waals surface area (Å²) in [7, 11) is 0. The standard InChI is InChI=1S/C5H7N2.Y/c1-4-3-6-7-5(4)2;/h3H,1-2H3;/q-1;. The molecule has 1 heterocycles. The fraction of sp³-hybridized carbons (Fsp3) is 0.400. The topological polar surface area (TPSA) is 27.0 Å². The Labute approximate surface area is 73.9 Å². The average Bonchev–Trinajstić information content (AvgIpc) is 1.91. The molecule has 1 aromatic heterocycles. The van der Waals surface area contributed by atoms with Gasteiger partial charge in [-0.1, -0.05) is 12.5 Å². The van der Waals surface area contributed by atoms with E-state index in [2.05, 4.69) is 10.2 Å². The maximum absolute atomic E-state index is 3.77. The Morgan fingerprint density at radius 2 is 2.12 bits per heavy atom. The van der Waals surface area contributed by atoms with Gasteiger partial charge < -0.3 is 10.2 Å². The van der Waals surface area contributed by atoms with Crippen LogP contribution in [0.3, 0.4) is 0 Å². The Bertz CT molecular complexity index is 143. The minimum absolute atomic E-state index is 0. The van der Waals surface area contributed by atoms with Gasteiger partial charge in [0, 0.05) is 38.9 Å². The number of hydrogen-bond donors (Lipinski definition) is 0. The van der Waals surface area contributed by atoms with E-state index in [-0.39, 0.29) is 32.7 Å². The summed E-state index contributed by atoms with van der Waals surface area (Å²) in [6.45, 7) is 3.94. The smallest absolute Gasteiger partial charge is 0.00515 e. The van der Waals surface area contributed by atoms with Crippen LogP contribution in [0, 0.1) is 13.8 Å². The van der Waals surface area contributed by atoms with E-state index in [0.29, 0.717) is 0 Å². The molecule has 3 heteroatoms. The minimum Gasteiger partial charge on any atom is -0.579 e. The zero-order chi connectivity index (χ0) is 5.28. The summed E-state index contributed by atoms with van der Waals surface area (Å²) in [6, 6.07) is 0. The van der Waals surface area contributed by atoms with Crippen LogP contribution in [-0.2, 0) is 32.7 Å². The Morgan fingerprint density at radius 1 is 1.50 bits per heavy atom. The summed E-state index contributed by atoms with van der Waals surface area (Å²) < 4.78 is 0. The van der Waals surface area contributed by atoms with Gasteiger partial charge in [0.15, 0.2) is 0 Å². The molecular weight excluding hydrogens is 177 g/mol. The number of nitrogens with zero attached hydrogens (tertiary/aromatic N) is 2. The third-order valence-corrected chi connectivity index (χ3v) is 1.03. The minimum atomic E-state index is 0. The molecule has 0 unspecified atom stereocenters. The van der Waals surface area contributed by atoms with Crippen LogP contribution >= 0.6 is 0 Å². The van der Waals surface area contributed by atoms with E-state index >= 15 is 0 Å². The number of hydrogen-bond acceptors (Lipinski definition) is 1. The number of aromatic nitrogens is 2. The molecular formula is C5H7N2Y-. The fourth-order valence-electron chi connectivity index (χ4n) is 0.374. The van der Waals surface area contributed by atoms with Crippen molar-refractivity contribution < 1.29 is 32.7 Å². The molecule has 8 heavy (non-hydrogen) atoms. The molecule has 0 amide bonds. The largest absolute Gasteiger partial charge is 0.579 e. The van der Waals surface area contributed by atoms with Crippen LogP contribution in [-0.4, -0.2) is 5.10 Å². The summed E-state index contributed by atoms with van der Waals surface area (Å²) in [6.07, 6.45) is 1.76. The SMILES string of the molecule is Cc1cn[n-]c1C.[Y]. The van der Waals surface area contributed by atoms with Gasteiger partial charge in [-0.05, 0) is 6.92 Å². The zero-order valence-corrected chi connectivity index (χ0v) is 7.89. The van der Waals surface area contributed by atoms with Gasteiger partial charge in [0.25, 0.3) is 0 Å². The molecule has 0 atom stereocenters. The summed E-state index contributed by atoms with van der Waals surface area (Å²) in [4.78, 5) is 0. The third kappa shape index (κ3) is 1.68. The fourth-order valence-corrected chi connectivity index (χ4v) is 0.374. The first kappa shape index (κ1) is 8.31. The van der Waals surface area contributed by atoms with Crippen LogP contribution in [0.2, 0.25) is 0 Å². The van der Waals surface area contributed by atoms with Crippen molar-refractivity contribution in [3.05, 3.63) is 17.5 Å². The number of rotatable bonds is 0. The third-order valence-electron chi connectivity index (χ3n) is 1.03. The Kier molecular flexibility index (Phi) is 3.49. The normalized spacial score (nSPS) is 8.25. The first-order valence-corrected chi connectivity index (χ1v) is 2.22. The Balaban J connectivity index is 0.000000490. The molecule has 0 bridgehead atoms. The zero-order valence-electron chi connectivity index (χ0n) is 5.05. The molecule has 0 aliphatic rings. The summed E-state index contributed by atoms with van der Waals surface area (Å²) >= 11 is 0. The second-order valence-corrected chi connectivity index (χ2v) is 1.61. The molecule has 0 N–H and O–H groups in total. The van der Waals surface area contributed by atoms with Crippen molar-refractivity contribution >= 4 is 0 Å². The van der Waals surface area contributed by atoms with Crippen molar-refractivity contribution in [2.45, 2.75) is 13.8 Å². The summed E-state index contributed by atoms with van der Waals surface area (Å²) in [5.41, 5.74) is 2.19. The molecule has 0 saturated carbocycles. The van der Waals surface area contributed by atoms with Crippen molar-refractivity contribution in [2.75, 3.05) is 0 Å². The molecule has 2 nitrogen and oxygen atoms in total. The van der Waals surface area contributed by atoms with Crippen molar-refractivity contribution in [1.82, 2.24) is 10.2 Å². The van der Waals surface area contributed by atoms with E-state index < -0.39 is 0 Å². The van der Waals surface area contributed by atoms with Gasteiger partial charge in [-0.3, -0.25) is 0 Å². The van der Waals surface area contributed by atoms with Crippen molar-refractivity contribution in [2.24, 2.45) is 0 Å². The van der Waals surface area contributed by atoms with Gasteiger partial charge >= 0.3 is 0 Å². The summed E-state index contributed by atoms with van der Waals surface area (Å²) in [5.74, 6) is 0. The van der Waals surface area contributed by atoms with E-state index in [1.165, 1.54) is 5.56 Å². The molecule has 1 aromatic rings. The van der Waals surface area contributed by atoms with Crippen LogP contribution < -0.4 is 5.10 Å². The van der Waals surface area contributed by atoms with E-state index in [1.54, 1.807) is 6.20 Å². The number of aryl methyl sites for hydroxylation is 2. The van der Waals surface area contributed by atoms with Gasteiger partial charge in [-0.2, -0.15) is 0 Å². The van der Waals surface area contributed by atoms with Crippen LogP contribution in [0.4, 0.5) is 0 Å². The average molecular weight is 184 g/mol. The molecule has 0 aliphatic heterocycles. The van der Waals surface area contributed by atoms with E-state index in [4.69, 9.17) is 0 Å². The molecule has 1 rings (SSSR count). The van der Waals surface area contributed by atoms with Gasteiger partial charge in [-0.25, -0.2) is 0 Å². The molecule has 1 radical (unpaired) electrons. The predicted octanol–water partition coefficient (Wildman–Crippen LogP) is 0.653. The second kappa shape index (κ2) is 3.36. The van der Waals surface area contributed by atoms with Crippen LogP contribution in [0.15, 0.2) is 6.20 Å². The second-order valence-electron chi connectivity index (χ2n) is 1.61. The van der Waals surface area contributed by atoms with E-state index in [1.807, 2.05) is 13.8 Å². The maximum atomic E-state index is 3.77.